The number of allylic oxidation sites excluding steroid dienone is 1. The van der Waals surface area contributed by atoms with Gasteiger partial charge in [-0.05, 0) is 13.8 Å². The minimum Gasteiger partial charge on any atom is -0.740 e. The van der Waals surface area contributed by atoms with Gasteiger partial charge in [-0.2, -0.15) is 0 Å². The molecule has 0 amide bonds. The lowest BCUT2D eigenvalue weighted by molar-refractivity contribution is 0.371. The van der Waals surface area contributed by atoms with Crippen molar-refractivity contribution in [2.75, 3.05) is 0 Å². The molecule has 5 nitrogen and oxygen atoms in total. The lowest BCUT2D eigenvalue weighted by Gasteiger charge is -2.12. The summed E-state index contributed by atoms with van der Waals surface area (Å²) in [4.78, 5) is 0. The van der Waals surface area contributed by atoms with Crippen LogP contribution in [0.2, 0.25) is 0 Å². The highest BCUT2D eigenvalue weighted by Crippen LogP contribution is 2.03. The molecular weight excluding hydrogens is 168 g/mol. The SMILES string of the molecule is CC(OS(=O)[O-])=C(N)C(C)N. The third kappa shape index (κ3) is 3.97. The highest BCUT2D eigenvalue weighted by molar-refractivity contribution is 7.74. The Balaban J connectivity index is 4.28. The first-order chi connectivity index (χ1) is 4.95. The van der Waals surface area contributed by atoms with Crippen molar-refractivity contribution < 1.29 is 12.9 Å². The Bertz CT molecular complexity index is 190. The Morgan fingerprint density at radius 1 is 1.73 bits per heavy atom. The molecule has 0 fully saturated rings. The van der Waals surface area contributed by atoms with Gasteiger partial charge in [0, 0.05) is 6.04 Å². The van der Waals surface area contributed by atoms with Crippen LogP contribution < -0.4 is 11.5 Å². The van der Waals surface area contributed by atoms with E-state index in [1.807, 2.05) is 0 Å². The zero-order valence-electron chi connectivity index (χ0n) is 6.37. The zero-order valence-corrected chi connectivity index (χ0v) is 7.18. The van der Waals surface area contributed by atoms with E-state index in [-0.39, 0.29) is 11.5 Å². The average molecular weight is 179 g/mol. The van der Waals surface area contributed by atoms with E-state index in [4.69, 9.17) is 11.5 Å². The highest BCUT2D eigenvalue weighted by atomic mass is 32.2. The van der Waals surface area contributed by atoms with E-state index in [1.165, 1.54) is 6.92 Å². The first-order valence-corrected chi connectivity index (χ1v) is 3.94. The molecule has 11 heavy (non-hydrogen) atoms. The molecule has 0 rings (SSSR count). The van der Waals surface area contributed by atoms with E-state index in [1.54, 1.807) is 6.92 Å². The smallest absolute Gasteiger partial charge is 0.139 e. The average Bonchev–Trinajstić information content (AvgIpc) is 1.84. The highest BCUT2D eigenvalue weighted by Gasteiger charge is 2.03. The van der Waals surface area contributed by atoms with Crippen LogP contribution in [-0.2, 0) is 15.5 Å². The second-order valence-corrected chi connectivity index (χ2v) is 2.66. The molecule has 0 bridgehead atoms. The van der Waals surface area contributed by atoms with Crippen LogP contribution in [0, 0.1) is 0 Å². The predicted molar refractivity (Wildman–Crippen MR) is 40.5 cm³/mol. The maximum absolute atomic E-state index is 9.98. The van der Waals surface area contributed by atoms with Crippen LogP contribution in [0.1, 0.15) is 13.8 Å². The maximum Gasteiger partial charge on any atom is 0.139 e. The molecule has 0 aromatic rings. The van der Waals surface area contributed by atoms with Crippen LogP contribution in [-0.4, -0.2) is 14.8 Å². The van der Waals surface area contributed by atoms with Gasteiger partial charge in [-0.1, -0.05) is 0 Å². The van der Waals surface area contributed by atoms with Gasteiger partial charge in [0.15, 0.2) is 0 Å². The molecule has 6 heteroatoms. The molecule has 0 aromatic carbocycles. The zero-order chi connectivity index (χ0) is 9.02. The second-order valence-electron chi connectivity index (χ2n) is 2.09. The van der Waals surface area contributed by atoms with E-state index in [0.29, 0.717) is 0 Å². The summed E-state index contributed by atoms with van der Waals surface area (Å²) in [5.41, 5.74) is 10.9. The van der Waals surface area contributed by atoms with Crippen molar-refractivity contribution in [3.63, 3.8) is 0 Å². The largest absolute Gasteiger partial charge is 0.740 e. The minimum atomic E-state index is -2.58. The molecule has 2 atom stereocenters. The molecule has 0 aliphatic heterocycles. The van der Waals surface area contributed by atoms with Gasteiger partial charge < -0.3 is 20.2 Å². The van der Waals surface area contributed by atoms with Gasteiger partial charge in [-0.15, -0.1) is 0 Å². The molecule has 2 unspecified atom stereocenters. The summed E-state index contributed by atoms with van der Waals surface area (Å²) in [6, 6.07) is -0.404. The number of rotatable bonds is 3. The summed E-state index contributed by atoms with van der Waals surface area (Å²) >= 11 is -2.58. The fourth-order valence-electron chi connectivity index (χ4n) is 0.471. The van der Waals surface area contributed by atoms with Crippen LogP contribution in [0.15, 0.2) is 11.5 Å². The Hall–Kier alpha value is -0.590. The summed E-state index contributed by atoms with van der Waals surface area (Å²) in [5, 5.41) is 0. The van der Waals surface area contributed by atoms with Gasteiger partial charge in [0.1, 0.15) is 17.1 Å². The van der Waals surface area contributed by atoms with E-state index in [2.05, 4.69) is 4.18 Å². The number of hydrogen-bond acceptors (Lipinski definition) is 5. The van der Waals surface area contributed by atoms with E-state index in [0.717, 1.165) is 0 Å². The molecule has 0 aliphatic carbocycles. The van der Waals surface area contributed by atoms with Crippen LogP contribution >= 0.6 is 0 Å². The molecule has 0 saturated carbocycles. The van der Waals surface area contributed by atoms with Gasteiger partial charge in [0.25, 0.3) is 0 Å². The van der Waals surface area contributed by atoms with Crippen molar-refractivity contribution in [1.29, 1.82) is 0 Å². The standard InChI is InChI=1S/C5H12N2O3S/c1-3(6)5(7)4(2)10-11(8)9/h3H,6-7H2,1-2H3,(H,8,9)/p-1. The van der Waals surface area contributed by atoms with Gasteiger partial charge in [-0.25, -0.2) is 4.21 Å². The normalized spacial score (nSPS) is 18.5. The lowest BCUT2D eigenvalue weighted by atomic mass is 10.2. The molecule has 4 N–H and O–H groups in total. The molecule has 66 valence electrons. The second kappa shape index (κ2) is 4.32. The fraction of sp³-hybridized carbons (Fsp3) is 0.600. The van der Waals surface area contributed by atoms with Crippen LogP contribution in [0.4, 0.5) is 0 Å². The third-order valence-electron chi connectivity index (χ3n) is 1.09. The molecule has 0 aromatic heterocycles. The molecule has 0 spiro atoms. The predicted octanol–water partition coefficient (Wildman–Crippen LogP) is -0.665. The Morgan fingerprint density at radius 3 is 2.45 bits per heavy atom. The van der Waals surface area contributed by atoms with Crippen LogP contribution in [0.5, 0.6) is 0 Å². The molecular formula is C5H11N2O3S-. The van der Waals surface area contributed by atoms with E-state index >= 15 is 0 Å². The van der Waals surface area contributed by atoms with Gasteiger partial charge in [0.05, 0.1) is 5.70 Å². The Kier molecular flexibility index (Phi) is 4.09. The third-order valence-corrected chi connectivity index (χ3v) is 1.48. The molecule has 0 aliphatic rings. The van der Waals surface area contributed by atoms with Crippen molar-refractivity contribution in [3.05, 3.63) is 11.5 Å². The first-order valence-electron chi connectivity index (χ1n) is 2.94. The van der Waals surface area contributed by atoms with Crippen LogP contribution in [0.3, 0.4) is 0 Å². The maximum atomic E-state index is 9.98. The Morgan fingerprint density at radius 2 is 2.18 bits per heavy atom. The van der Waals surface area contributed by atoms with Crippen molar-refractivity contribution in [1.82, 2.24) is 0 Å². The Labute approximate surface area is 67.9 Å². The summed E-state index contributed by atoms with van der Waals surface area (Å²) < 4.78 is 24.2. The van der Waals surface area contributed by atoms with Crippen molar-refractivity contribution in [2.24, 2.45) is 11.5 Å². The lowest BCUT2D eigenvalue weighted by Crippen LogP contribution is -2.25. The van der Waals surface area contributed by atoms with Crippen molar-refractivity contribution in [2.45, 2.75) is 19.9 Å². The topological polar surface area (TPSA) is 101 Å². The summed E-state index contributed by atoms with van der Waals surface area (Å²) in [6.45, 7) is 3.07. The van der Waals surface area contributed by atoms with Crippen molar-refractivity contribution in [3.8, 4) is 0 Å². The fourth-order valence-corrected chi connectivity index (χ4v) is 0.771. The first kappa shape index (κ1) is 10.4. The van der Waals surface area contributed by atoms with E-state index in [9.17, 15) is 8.76 Å². The molecule has 0 saturated heterocycles. The van der Waals surface area contributed by atoms with Gasteiger partial charge >= 0.3 is 0 Å². The number of nitrogens with two attached hydrogens (primary N) is 2. The van der Waals surface area contributed by atoms with Crippen LogP contribution in [0.25, 0.3) is 0 Å². The van der Waals surface area contributed by atoms with E-state index < -0.39 is 17.4 Å². The number of hydrogen-bond donors (Lipinski definition) is 2. The monoisotopic (exact) mass is 179 g/mol. The quantitative estimate of drug-likeness (QED) is 0.442. The van der Waals surface area contributed by atoms with Gasteiger partial charge in [-0.3, -0.25) is 0 Å². The minimum absolute atomic E-state index is 0.119. The summed E-state index contributed by atoms with van der Waals surface area (Å²) in [6.07, 6.45) is 0. The summed E-state index contributed by atoms with van der Waals surface area (Å²) in [5.74, 6) is 0.119. The molecule has 0 heterocycles. The molecule has 0 radical (unpaired) electrons. The van der Waals surface area contributed by atoms with Gasteiger partial charge in [0.2, 0.25) is 0 Å². The van der Waals surface area contributed by atoms with Crippen molar-refractivity contribution >= 4 is 11.4 Å². The summed E-state index contributed by atoms with van der Waals surface area (Å²) in [7, 11) is 0.